The van der Waals surface area contributed by atoms with Crippen molar-refractivity contribution in [3.8, 4) is 0 Å². The molecule has 1 aromatic carbocycles. The molecule has 6 heteroatoms. The maximum absolute atomic E-state index is 12.4. The second-order valence-electron chi connectivity index (χ2n) is 5.46. The van der Waals surface area contributed by atoms with Crippen molar-refractivity contribution in [2.24, 2.45) is 11.8 Å². The van der Waals surface area contributed by atoms with Crippen LogP contribution in [0.1, 0.15) is 30.6 Å². The molecule has 1 aromatic rings. The third-order valence-electron chi connectivity index (χ3n) is 3.98. The summed E-state index contributed by atoms with van der Waals surface area (Å²) < 4.78 is 22.6. The Morgan fingerprint density at radius 2 is 2.00 bits per heavy atom. The molecule has 0 aliphatic carbocycles. The normalized spacial score (nSPS) is 23.6. The Bertz CT molecular complexity index is 615. The molecule has 0 bridgehead atoms. The number of nitrogens with zero attached hydrogens (tertiary/aromatic N) is 1. The van der Waals surface area contributed by atoms with Crippen LogP contribution in [-0.2, 0) is 9.05 Å². The first-order valence-electron chi connectivity index (χ1n) is 6.63. The van der Waals surface area contributed by atoms with Gasteiger partial charge in [0.2, 0.25) is 0 Å². The highest BCUT2D eigenvalue weighted by molar-refractivity contribution is 8.13. The molecular weight excluding hydrogens is 298 g/mol. The summed E-state index contributed by atoms with van der Waals surface area (Å²) in [5.74, 6) is 0.923. The lowest BCUT2D eigenvalue weighted by molar-refractivity contribution is 0.0627. The lowest BCUT2D eigenvalue weighted by atomic mass is 9.88. The fraction of sp³-hybridized carbons (Fsp3) is 0.500. The molecule has 1 aliphatic rings. The molecule has 0 aromatic heterocycles. The predicted octanol–water partition coefficient (Wildman–Crippen LogP) is 2.73. The molecule has 2 atom stereocenters. The van der Waals surface area contributed by atoms with Crippen molar-refractivity contribution in [3.05, 3.63) is 29.8 Å². The van der Waals surface area contributed by atoms with Crippen molar-refractivity contribution in [2.45, 2.75) is 25.2 Å². The minimum absolute atomic E-state index is 0.0385. The van der Waals surface area contributed by atoms with E-state index in [1.807, 2.05) is 0 Å². The Hall–Kier alpha value is -1.07. The van der Waals surface area contributed by atoms with Gasteiger partial charge in [-0.1, -0.05) is 19.9 Å². The second-order valence-corrected chi connectivity index (χ2v) is 8.03. The molecule has 2 unspecified atom stereocenters. The van der Waals surface area contributed by atoms with Gasteiger partial charge in [-0.15, -0.1) is 0 Å². The minimum atomic E-state index is -3.81. The third-order valence-corrected chi connectivity index (χ3v) is 5.34. The summed E-state index contributed by atoms with van der Waals surface area (Å²) in [4.78, 5) is 14.2. The zero-order valence-electron chi connectivity index (χ0n) is 11.5. The number of hydrogen-bond acceptors (Lipinski definition) is 3. The van der Waals surface area contributed by atoms with E-state index < -0.39 is 9.05 Å². The Morgan fingerprint density at radius 1 is 1.30 bits per heavy atom. The number of benzene rings is 1. The molecule has 0 radical (unpaired) electrons. The van der Waals surface area contributed by atoms with E-state index in [0.717, 1.165) is 6.42 Å². The summed E-state index contributed by atoms with van der Waals surface area (Å²) in [6, 6.07) is 5.89. The van der Waals surface area contributed by atoms with Crippen molar-refractivity contribution in [1.29, 1.82) is 0 Å². The molecule has 110 valence electrons. The monoisotopic (exact) mass is 315 g/mol. The number of likely N-dealkylation sites (tertiary alicyclic amines) is 1. The number of carbonyl (C=O) groups excluding carboxylic acids is 1. The molecule has 2 rings (SSSR count). The van der Waals surface area contributed by atoms with Crippen LogP contribution in [0, 0.1) is 11.8 Å². The standard InChI is InChI=1S/C14H18ClNO3S/c1-10-6-7-16(9-11(10)2)14(17)12-4-3-5-13(8-12)20(15,18)19/h3-5,8,10-11H,6-7,9H2,1-2H3. The number of amides is 1. The zero-order chi connectivity index (χ0) is 14.9. The van der Waals surface area contributed by atoms with Crippen LogP contribution in [0.5, 0.6) is 0 Å². The summed E-state index contributed by atoms with van der Waals surface area (Å²) in [5.41, 5.74) is 0.369. The maximum atomic E-state index is 12.4. The number of rotatable bonds is 2. The van der Waals surface area contributed by atoms with Crippen LogP contribution in [0.4, 0.5) is 0 Å². The summed E-state index contributed by atoms with van der Waals surface area (Å²) >= 11 is 0. The molecule has 1 fully saturated rings. The van der Waals surface area contributed by atoms with Gasteiger partial charge >= 0.3 is 0 Å². The summed E-state index contributed by atoms with van der Waals surface area (Å²) in [5, 5.41) is 0. The van der Waals surface area contributed by atoms with Gasteiger partial charge in [0.25, 0.3) is 15.0 Å². The van der Waals surface area contributed by atoms with Gasteiger partial charge in [-0.2, -0.15) is 0 Å². The highest BCUT2D eigenvalue weighted by Gasteiger charge is 2.27. The lowest BCUT2D eigenvalue weighted by Gasteiger charge is -2.35. The van der Waals surface area contributed by atoms with Crippen LogP contribution in [0.15, 0.2) is 29.2 Å². The highest BCUT2D eigenvalue weighted by Crippen LogP contribution is 2.24. The number of piperidine rings is 1. The van der Waals surface area contributed by atoms with Gasteiger partial charge in [0.05, 0.1) is 4.90 Å². The van der Waals surface area contributed by atoms with Gasteiger partial charge in [-0.25, -0.2) is 8.42 Å². The molecule has 1 saturated heterocycles. The lowest BCUT2D eigenvalue weighted by Crippen LogP contribution is -2.42. The second kappa shape index (κ2) is 5.74. The minimum Gasteiger partial charge on any atom is -0.338 e. The van der Waals surface area contributed by atoms with Crippen LogP contribution < -0.4 is 0 Å². The predicted molar refractivity (Wildman–Crippen MR) is 78.3 cm³/mol. The molecule has 0 spiro atoms. The fourth-order valence-electron chi connectivity index (χ4n) is 2.41. The summed E-state index contributed by atoms with van der Waals surface area (Å²) in [6.07, 6.45) is 0.973. The Morgan fingerprint density at radius 3 is 2.60 bits per heavy atom. The average molecular weight is 316 g/mol. The first kappa shape index (κ1) is 15.3. The van der Waals surface area contributed by atoms with Crippen molar-refractivity contribution in [3.63, 3.8) is 0 Å². The number of halogens is 1. The van der Waals surface area contributed by atoms with Gasteiger partial charge in [0.15, 0.2) is 0 Å². The zero-order valence-corrected chi connectivity index (χ0v) is 13.1. The van der Waals surface area contributed by atoms with Gasteiger partial charge in [-0.05, 0) is 36.5 Å². The Kier molecular flexibility index (Phi) is 4.39. The largest absolute Gasteiger partial charge is 0.338 e. The molecule has 0 N–H and O–H groups in total. The summed E-state index contributed by atoms with van der Waals surface area (Å²) in [7, 11) is 1.50. The Balaban J connectivity index is 2.22. The molecule has 1 amide bonds. The first-order chi connectivity index (χ1) is 9.29. The van der Waals surface area contributed by atoms with E-state index in [2.05, 4.69) is 13.8 Å². The molecule has 1 heterocycles. The van der Waals surface area contributed by atoms with Crippen LogP contribution in [0.25, 0.3) is 0 Å². The molecule has 4 nitrogen and oxygen atoms in total. The van der Waals surface area contributed by atoms with E-state index in [9.17, 15) is 13.2 Å². The van der Waals surface area contributed by atoms with Crippen molar-refractivity contribution in [1.82, 2.24) is 4.90 Å². The third kappa shape index (κ3) is 3.33. The average Bonchev–Trinajstić information content (AvgIpc) is 2.40. The fourth-order valence-corrected chi connectivity index (χ4v) is 3.21. The van der Waals surface area contributed by atoms with Gasteiger partial charge in [0.1, 0.15) is 0 Å². The smallest absolute Gasteiger partial charge is 0.261 e. The van der Waals surface area contributed by atoms with Crippen molar-refractivity contribution in [2.75, 3.05) is 13.1 Å². The van der Waals surface area contributed by atoms with Crippen LogP contribution in [0.2, 0.25) is 0 Å². The molecule has 0 saturated carbocycles. The van der Waals surface area contributed by atoms with Gasteiger partial charge < -0.3 is 4.90 Å². The van der Waals surface area contributed by atoms with E-state index in [-0.39, 0.29) is 10.8 Å². The topological polar surface area (TPSA) is 54.5 Å². The number of hydrogen-bond donors (Lipinski definition) is 0. The highest BCUT2D eigenvalue weighted by atomic mass is 35.7. The van der Waals surface area contributed by atoms with Crippen molar-refractivity contribution < 1.29 is 13.2 Å². The van der Waals surface area contributed by atoms with E-state index in [0.29, 0.717) is 30.5 Å². The van der Waals surface area contributed by atoms with E-state index in [4.69, 9.17) is 10.7 Å². The van der Waals surface area contributed by atoms with Gasteiger partial charge in [-0.3, -0.25) is 4.79 Å². The van der Waals surface area contributed by atoms with Crippen LogP contribution in [0.3, 0.4) is 0 Å². The SMILES string of the molecule is CC1CCN(C(=O)c2cccc(S(=O)(=O)Cl)c2)CC1C. The number of carbonyl (C=O) groups is 1. The summed E-state index contributed by atoms with van der Waals surface area (Å²) in [6.45, 7) is 5.73. The molecule has 1 aliphatic heterocycles. The molecule has 20 heavy (non-hydrogen) atoms. The molecular formula is C14H18ClNO3S. The van der Waals surface area contributed by atoms with Gasteiger partial charge in [0, 0.05) is 29.3 Å². The van der Waals surface area contributed by atoms with Crippen molar-refractivity contribution >= 4 is 25.6 Å². The van der Waals surface area contributed by atoms with Crippen LogP contribution >= 0.6 is 10.7 Å². The maximum Gasteiger partial charge on any atom is 0.261 e. The first-order valence-corrected chi connectivity index (χ1v) is 8.94. The van der Waals surface area contributed by atoms with E-state index in [1.165, 1.54) is 12.1 Å². The Labute approximate surface area is 124 Å². The quantitative estimate of drug-likeness (QED) is 0.789. The van der Waals surface area contributed by atoms with E-state index >= 15 is 0 Å². The van der Waals surface area contributed by atoms with Crippen LogP contribution in [-0.4, -0.2) is 32.3 Å². The van der Waals surface area contributed by atoms with E-state index in [1.54, 1.807) is 17.0 Å².